The number of rotatable bonds is 1. The maximum atomic E-state index is 13.0. The predicted octanol–water partition coefficient (Wildman–Crippen LogP) is 3.12. The molecule has 0 saturated heterocycles. The Balaban J connectivity index is 0.00000196. The summed E-state index contributed by atoms with van der Waals surface area (Å²) in [5, 5.41) is 0. The minimum Gasteiger partial charge on any atom is -0.316 e. The van der Waals surface area contributed by atoms with Gasteiger partial charge in [-0.15, -0.1) is 12.4 Å². The van der Waals surface area contributed by atoms with E-state index in [2.05, 4.69) is 0 Å². The van der Waals surface area contributed by atoms with E-state index in [1.807, 2.05) is 0 Å². The van der Waals surface area contributed by atoms with E-state index in [0.29, 0.717) is 5.56 Å². The number of aryl methyl sites for hydroxylation is 1. The molecule has 1 aromatic carbocycles. The van der Waals surface area contributed by atoms with Gasteiger partial charge in [-0.2, -0.15) is 13.2 Å². The highest BCUT2D eigenvalue weighted by Crippen LogP contribution is 2.31. The van der Waals surface area contributed by atoms with Crippen molar-refractivity contribution < 1.29 is 17.6 Å². The highest BCUT2D eigenvalue weighted by atomic mass is 35.5. The highest BCUT2D eigenvalue weighted by molar-refractivity contribution is 5.85. The number of alkyl halides is 3. The van der Waals surface area contributed by atoms with Crippen molar-refractivity contribution in [1.29, 1.82) is 0 Å². The summed E-state index contributed by atoms with van der Waals surface area (Å²) >= 11 is 0. The van der Waals surface area contributed by atoms with Crippen LogP contribution in [0.3, 0.4) is 0 Å². The molecular formula is C9H10ClF4N. The van der Waals surface area contributed by atoms with Crippen LogP contribution < -0.4 is 5.73 Å². The summed E-state index contributed by atoms with van der Waals surface area (Å²) in [6, 6.07) is 1.22. The lowest BCUT2D eigenvalue weighted by Crippen LogP contribution is -2.29. The van der Waals surface area contributed by atoms with E-state index in [9.17, 15) is 17.6 Å². The molecule has 0 unspecified atom stereocenters. The number of nitrogens with two attached hydrogens (primary N) is 1. The Morgan fingerprint density at radius 2 is 1.80 bits per heavy atom. The van der Waals surface area contributed by atoms with Gasteiger partial charge in [0.1, 0.15) is 11.9 Å². The minimum atomic E-state index is -4.62. The zero-order chi connectivity index (χ0) is 10.9. The summed E-state index contributed by atoms with van der Waals surface area (Å²) in [5.74, 6) is -0.930. The maximum absolute atomic E-state index is 13.0. The molecule has 1 nitrogen and oxygen atoms in total. The zero-order valence-corrected chi connectivity index (χ0v) is 8.62. The van der Waals surface area contributed by atoms with Crippen LogP contribution in [0.1, 0.15) is 17.2 Å². The molecule has 86 valence electrons. The molecule has 0 saturated carbocycles. The molecule has 0 fully saturated rings. The van der Waals surface area contributed by atoms with Crippen LogP contribution in [0.2, 0.25) is 0 Å². The molecule has 0 bridgehead atoms. The molecular weight excluding hydrogens is 234 g/mol. The first-order chi connectivity index (χ1) is 6.32. The number of hydrogen-bond donors (Lipinski definition) is 1. The number of hydrogen-bond acceptors (Lipinski definition) is 1. The van der Waals surface area contributed by atoms with Crippen molar-refractivity contribution in [3.63, 3.8) is 0 Å². The normalized spacial score (nSPS) is 13.2. The summed E-state index contributed by atoms with van der Waals surface area (Å²) in [7, 11) is 0. The minimum absolute atomic E-state index is 0. The number of benzene rings is 1. The Hall–Kier alpha value is -0.810. The van der Waals surface area contributed by atoms with Crippen molar-refractivity contribution in [2.24, 2.45) is 5.73 Å². The molecule has 0 radical (unpaired) electrons. The maximum Gasteiger partial charge on any atom is 0.407 e. The van der Waals surface area contributed by atoms with E-state index in [1.165, 1.54) is 6.07 Å². The molecule has 1 atom stereocenters. The molecule has 0 aliphatic heterocycles. The third kappa shape index (κ3) is 3.35. The second-order valence-electron chi connectivity index (χ2n) is 3.04. The fourth-order valence-electron chi connectivity index (χ4n) is 1.08. The molecule has 0 heterocycles. The monoisotopic (exact) mass is 243 g/mol. The van der Waals surface area contributed by atoms with Crippen LogP contribution in [0.4, 0.5) is 17.6 Å². The van der Waals surface area contributed by atoms with Crippen LogP contribution in [0.25, 0.3) is 0 Å². The van der Waals surface area contributed by atoms with Crippen molar-refractivity contribution in [3.8, 4) is 0 Å². The molecule has 6 heteroatoms. The van der Waals surface area contributed by atoms with Gasteiger partial charge in [-0.3, -0.25) is 0 Å². The predicted molar refractivity (Wildman–Crippen MR) is 51.4 cm³/mol. The second kappa shape index (κ2) is 4.81. The lowest BCUT2D eigenvalue weighted by molar-refractivity contribution is -0.149. The van der Waals surface area contributed by atoms with Gasteiger partial charge in [0.05, 0.1) is 0 Å². The molecule has 0 aromatic heterocycles. The Morgan fingerprint density at radius 3 is 2.27 bits per heavy atom. The average molecular weight is 244 g/mol. The van der Waals surface area contributed by atoms with Crippen LogP contribution in [0.15, 0.2) is 18.2 Å². The second-order valence-corrected chi connectivity index (χ2v) is 3.04. The van der Waals surface area contributed by atoms with Gasteiger partial charge in [0.2, 0.25) is 0 Å². The molecule has 0 spiro atoms. The SMILES string of the molecule is Cc1ccc(F)c([C@H](N)C(F)(F)F)c1.Cl. The van der Waals surface area contributed by atoms with Crippen LogP contribution in [0.5, 0.6) is 0 Å². The Kier molecular flexibility index (Phi) is 4.55. The first kappa shape index (κ1) is 14.2. The van der Waals surface area contributed by atoms with Crippen LogP contribution >= 0.6 is 12.4 Å². The number of halogens is 5. The van der Waals surface area contributed by atoms with Gasteiger partial charge in [-0.1, -0.05) is 17.7 Å². The van der Waals surface area contributed by atoms with E-state index in [-0.39, 0.29) is 12.4 Å². The Bertz CT molecular complexity index is 337. The summed E-state index contributed by atoms with van der Waals surface area (Å²) in [5.41, 5.74) is 4.90. The van der Waals surface area contributed by atoms with E-state index in [0.717, 1.165) is 12.1 Å². The van der Waals surface area contributed by atoms with Gasteiger partial charge in [-0.05, 0) is 13.0 Å². The Morgan fingerprint density at radius 1 is 1.27 bits per heavy atom. The van der Waals surface area contributed by atoms with Gasteiger partial charge in [-0.25, -0.2) is 4.39 Å². The van der Waals surface area contributed by atoms with Gasteiger partial charge < -0.3 is 5.73 Å². The molecule has 1 aromatic rings. The van der Waals surface area contributed by atoms with E-state index < -0.39 is 23.6 Å². The average Bonchev–Trinajstić information content (AvgIpc) is 2.06. The lowest BCUT2D eigenvalue weighted by Gasteiger charge is -2.16. The lowest BCUT2D eigenvalue weighted by atomic mass is 10.0. The van der Waals surface area contributed by atoms with Crippen LogP contribution in [-0.4, -0.2) is 6.18 Å². The van der Waals surface area contributed by atoms with Crippen molar-refractivity contribution >= 4 is 12.4 Å². The van der Waals surface area contributed by atoms with Gasteiger partial charge in [0.25, 0.3) is 0 Å². The topological polar surface area (TPSA) is 26.0 Å². The Labute approximate surface area is 90.7 Å². The third-order valence-corrected chi connectivity index (χ3v) is 1.84. The van der Waals surface area contributed by atoms with E-state index in [1.54, 1.807) is 6.92 Å². The fourth-order valence-corrected chi connectivity index (χ4v) is 1.08. The zero-order valence-electron chi connectivity index (χ0n) is 7.81. The molecule has 1 rings (SSSR count). The van der Waals surface area contributed by atoms with Crippen LogP contribution in [0, 0.1) is 12.7 Å². The van der Waals surface area contributed by atoms with Crippen molar-refractivity contribution in [3.05, 3.63) is 35.1 Å². The van der Waals surface area contributed by atoms with E-state index in [4.69, 9.17) is 5.73 Å². The summed E-state index contributed by atoms with van der Waals surface area (Å²) in [6.07, 6.45) is -4.62. The standard InChI is InChI=1S/C9H9F4N.ClH/c1-5-2-3-7(10)6(4-5)8(14)9(11,12)13;/h2-4,8H,14H2,1H3;1H/t8-;/m0./s1. The fraction of sp³-hybridized carbons (Fsp3) is 0.333. The largest absolute Gasteiger partial charge is 0.407 e. The molecule has 0 amide bonds. The van der Waals surface area contributed by atoms with Crippen LogP contribution in [-0.2, 0) is 0 Å². The van der Waals surface area contributed by atoms with Crippen molar-refractivity contribution in [1.82, 2.24) is 0 Å². The molecule has 15 heavy (non-hydrogen) atoms. The van der Waals surface area contributed by atoms with Crippen molar-refractivity contribution in [2.75, 3.05) is 0 Å². The quantitative estimate of drug-likeness (QED) is 0.754. The van der Waals surface area contributed by atoms with Gasteiger partial charge >= 0.3 is 6.18 Å². The molecule has 2 N–H and O–H groups in total. The smallest absolute Gasteiger partial charge is 0.316 e. The summed E-state index contributed by atoms with van der Waals surface area (Å²) < 4.78 is 49.4. The van der Waals surface area contributed by atoms with Crippen molar-refractivity contribution in [2.45, 2.75) is 19.1 Å². The first-order valence-electron chi connectivity index (χ1n) is 3.90. The van der Waals surface area contributed by atoms with Gasteiger partial charge in [0, 0.05) is 5.56 Å². The summed E-state index contributed by atoms with van der Waals surface area (Å²) in [4.78, 5) is 0. The molecule has 0 aliphatic carbocycles. The van der Waals surface area contributed by atoms with E-state index >= 15 is 0 Å². The highest BCUT2D eigenvalue weighted by Gasteiger charge is 2.39. The summed E-state index contributed by atoms with van der Waals surface area (Å²) in [6.45, 7) is 1.58. The first-order valence-corrected chi connectivity index (χ1v) is 3.90. The third-order valence-electron chi connectivity index (χ3n) is 1.84. The molecule has 0 aliphatic rings. The van der Waals surface area contributed by atoms with Gasteiger partial charge in [0.15, 0.2) is 0 Å².